The van der Waals surface area contributed by atoms with Crippen molar-refractivity contribution in [2.24, 2.45) is 5.10 Å². The third-order valence-corrected chi connectivity index (χ3v) is 2.44. The molecule has 0 radical (unpaired) electrons. The number of allylic oxidation sites excluding steroid dienone is 3. The van der Waals surface area contributed by atoms with Crippen LogP contribution in [-0.2, 0) is 0 Å². The normalized spacial score (nSPS) is 11.6. The smallest absolute Gasteiger partial charge is 0.0669 e. The summed E-state index contributed by atoms with van der Waals surface area (Å²) in [5.74, 6) is 0. The lowest BCUT2D eigenvalue weighted by Crippen LogP contribution is -2.08. The van der Waals surface area contributed by atoms with Crippen molar-refractivity contribution in [1.82, 2.24) is 5.43 Å². The summed E-state index contributed by atoms with van der Waals surface area (Å²) in [5.41, 5.74) is 11.5. The van der Waals surface area contributed by atoms with Gasteiger partial charge in [0.15, 0.2) is 0 Å². The van der Waals surface area contributed by atoms with Crippen LogP contribution in [0.2, 0.25) is 5.02 Å². The predicted octanol–water partition coefficient (Wildman–Crippen LogP) is 3.49. The van der Waals surface area contributed by atoms with Gasteiger partial charge in [0.1, 0.15) is 0 Å². The Labute approximate surface area is 112 Å². The van der Waals surface area contributed by atoms with Crippen LogP contribution in [0, 0.1) is 0 Å². The summed E-state index contributed by atoms with van der Waals surface area (Å²) in [6.45, 7) is 9.21. The largest absolute Gasteiger partial charge is 0.398 e. The second-order valence-electron chi connectivity index (χ2n) is 3.66. The Bertz CT molecular complexity index is 516. The van der Waals surface area contributed by atoms with E-state index in [1.54, 1.807) is 36.4 Å². The fourth-order valence-corrected chi connectivity index (χ4v) is 1.45. The molecular weight excluding hydrogens is 246 g/mol. The molecule has 0 fully saturated rings. The third kappa shape index (κ3) is 4.11. The van der Waals surface area contributed by atoms with Crippen molar-refractivity contribution in [3.63, 3.8) is 0 Å². The molecular formula is C14H16ClN3. The van der Waals surface area contributed by atoms with E-state index in [-0.39, 0.29) is 0 Å². The fourth-order valence-electron chi connectivity index (χ4n) is 1.28. The molecule has 1 aromatic rings. The van der Waals surface area contributed by atoms with Crippen molar-refractivity contribution in [2.75, 3.05) is 5.73 Å². The summed E-state index contributed by atoms with van der Waals surface area (Å²) in [6.07, 6.45) is 5.21. The fraction of sp³-hybridized carbons (Fsp3) is 0.0714. The van der Waals surface area contributed by atoms with E-state index >= 15 is 0 Å². The maximum absolute atomic E-state index is 5.92. The monoisotopic (exact) mass is 261 g/mol. The van der Waals surface area contributed by atoms with E-state index in [1.807, 2.05) is 6.92 Å². The second kappa shape index (κ2) is 6.67. The Morgan fingerprint density at radius 3 is 2.89 bits per heavy atom. The summed E-state index contributed by atoms with van der Waals surface area (Å²) < 4.78 is 0. The van der Waals surface area contributed by atoms with Crippen molar-refractivity contribution in [2.45, 2.75) is 6.92 Å². The number of benzene rings is 1. The standard InChI is InChI=1S/C14H16ClN3/c1-4-5-6-10(2)17-18-11(3)13-9-12(15)7-8-14(13)16/h4-9,17H,1-2,16H2,3H3/b6-5-,18-11+. The van der Waals surface area contributed by atoms with E-state index in [1.165, 1.54) is 0 Å². The number of halogens is 1. The summed E-state index contributed by atoms with van der Waals surface area (Å²) in [7, 11) is 0. The van der Waals surface area contributed by atoms with Gasteiger partial charge in [-0.3, -0.25) is 5.43 Å². The first-order valence-electron chi connectivity index (χ1n) is 5.38. The molecule has 0 aliphatic heterocycles. The van der Waals surface area contributed by atoms with Crippen LogP contribution in [0.1, 0.15) is 12.5 Å². The van der Waals surface area contributed by atoms with Crippen molar-refractivity contribution >= 4 is 23.0 Å². The van der Waals surface area contributed by atoms with Gasteiger partial charge in [0.25, 0.3) is 0 Å². The van der Waals surface area contributed by atoms with Gasteiger partial charge in [-0.05, 0) is 31.2 Å². The number of nitrogens with one attached hydrogen (secondary N) is 1. The van der Waals surface area contributed by atoms with Crippen LogP contribution < -0.4 is 11.2 Å². The van der Waals surface area contributed by atoms with Crippen molar-refractivity contribution in [3.05, 3.63) is 65.9 Å². The zero-order valence-corrected chi connectivity index (χ0v) is 11.0. The maximum atomic E-state index is 5.92. The molecule has 0 aliphatic rings. The molecule has 1 aromatic carbocycles. The van der Waals surface area contributed by atoms with Crippen LogP contribution in [0.4, 0.5) is 5.69 Å². The molecule has 0 saturated carbocycles. The van der Waals surface area contributed by atoms with Gasteiger partial charge in [-0.25, -0.2) is 0 Å². The van der Waals surface area contributed by atoms with E-state index in [0.717, 1.165) is 11.3 Å². The minimum absolute atomic E-state index is 0.624. The van der Waals surface area contributed by atoms with Crippen LogP contribution in [-0.4, -0.2) is 5.71 Å². The first-order valence-corrected chi connectivity index (χ1v) is 5.76. The molecule has 1 rings (SSSR count). The Hall–Kier alpha value is -2.00. The summed E-state index contributed by atoms with van der Waals surface area (Å²) in [6, 6.07) is 5.27. The number of nitrogens with two attached hydrogens (primary N) is 1. The molecule has 0 aromatic heterocycles. The van der Waals surface area contributed by atoms with Crippen LogP contribution in [0.5, 0.6) is 0 Å². The highest BCUT2D eigenvalue weighted by atomic mass is 35.5. The van der Waals surface area contributed by atoms with Crippen molar-refractivity contribution < 1.29 is 0 Å². The van der Waals surface area contributed by atoms with Gasteiger partial charge in [0.05, 0.1) is 5.71 Å². The van der Waals surface area contributed by atoms with Gasteiger partial charge in [-0.1, -0.05) is 36.9 Å². The Balaban J connectivity index is 2.83. The average molecular weight is 262 g/mol. The van der Waals surface area contributed by atoms with Gasteiger partial charge in [-0.2, -0.15) is 5.10 Å². The van der Waals surface area contributed by atoms with E-state index in [4.69, 9.17) is 17.3 Å². The van der Waals surface area contributed by atoms with E-state index in [2.05, 4.69) is 23.7 Å². The first-order chi connectivity index (χ1) is 8.54. The number of hydrogen-bond donors (Lipinski definition) is 2. The van der Waals surface area contributed by atoms with Gasteiger partial charge in [0.2, 0.25) is 0 Å². The van der Waals surface area contributed by atoms with Gasteiger partial charge in [-0.15, -0.1) is 0 Å². The number of anilines is 1. The van der Waals surface area contributed by atoms with Gasteiger partial charge >= 0.3 is 0 Å². The number of hydrogen-bond acceptors (Lipinski definition) is 3. The number of rotatable bonds is 5. The van der Waals surface area contributed by atoms with Gasteiger partial charge in [0, 0.05) is 22.0 Å². The molecule has 18 heavy (non-hydrogen) atoms. The lowest BCUT2D eigenvalue weighted by Gasteiger charge is -2.06. The molecule has 0 spiro atoms. The Morgan fingerprint density at radius 2 is 2.22 bits per heavy atom. The highest BCUT2D eigenvalue weighted by molar-refractivity contribution is 6.31. The summed E-state index contributed by atoms with van der Waals surface area (Å²) in [4.78, 5) is 0. The van der Waals surface area contributed by atoms with Crippen LogP contribution in [0.3, 0.4) is 0 Å². The lowest BCUT2D eigenvalue weighted by atomic mass is 10.1. The SMILES string of the molecule is C=C/C=C\C(=C)N/N=C(\C)c1cc(Cl)ccc1N. The highest BCUT2D eigenvalue weighted by Crippen LogP contribution is 2.18. The molecule has 94 valence electrons. The van der Waals surface area contributed by atoms with E-state index in [9.17, 15) is 0 Å². The van der Waals surface area contributed by atoms with Crippen molar-refractivity contribution in [3.8, 4) is 0 Å². The summed E-state index contributed by atoms with van der Waals surface area (Å²) >= 11 is 5.92. The van der Waals surface area contributed by atoms with Crippen molar-refractivity contribution in [1.29, 1.82) is 0 Å². The molecule has 0 atom stereocenters. The minimum atomic E-state index is 0.624. The first kappa shape index (κ1) is 14.1. The number of nitrogen functional groups attached to an aromatic ring is 1. The molecule has 0 aliphatic carbocycles. The third-order valence-electron chi connectivity index (χ3n) is 2.21. The number of nitrogens with zero attached hydrogens (tertiary/aromatic N) is 1. The van der Waals surface area contributed by atoms with Gasteiger partial charge < -0.3 is 5.73 Å². The zero-order valence-electron chi connectivity index (χ0n) is 10.3. The molecule has 3 N–H and O–H groups in total. The van der Waals surface area contributed by atoms with Crippen LogP contribution >= 0.6 is 11.6 Å². The second-order valence-corrected chi connectivity index (χ2v) is 4.10. The molecule has 0 bridgehead atoms. The maximum Gasteiger partial charge on any atom is 0.0669 e. The molecule has 4 heteroatoms. The molecule has 0 amide bonds. The number of hydrazone groups is 1. The molecule has 0 heterocycles. The van der Waals surface area contributed by atoms with Crippen LogP contribution in [0.25, 0.3) is 0 Å². The Morgan fingerprint density at radius 1 is 1.50 bits per heavy atom. The van der Waals surface area contributed by atoms with Crippen LogP contribution in [0.15, 0.2) is 60.4 Å². The molecule has 3 nitrogen and oxygen atoms in total. The topological polar surface area (TPSA) is 50.4 Å². The van der Waals surface area contributed by atoms with E-state index in [0.29, 0.717) is 16.4 Å². The predicted molar refractivity (Wildman–Crippen MR) is 79.7 cm³/mol. The summed E-state index contributed by atoms with van der Waals surface area (Å²) in [5, 5.41) is 4.82. The zero-order chi connectivity index (χ0) is 13.5. The quantitative estimate of drug-likeness (QED) is 0.369. The Kier molecular flexibility index (Phi) is 5.21. The molecule has 0 saturated heterocycles. The van der Waals surface area contributed by atoms with E-state index < -0.39 is 0 Å². The molecule has 0 unspecified atom stereocenters. The minimum Gasteiger partial charge on any atom is -0.398 e. The lowest BCUT2D eigenvalue weighted by molar-refractivity contribution is 0.921. The highest BCUT2D eigenvalue weighted by Gasteiger charge is 2.03. The average Bonchev–Trinajstić information content (AvgIpc) is 2.36.